The Kier molecular flexibility index (Phi) is 6.99. The van der Waals surface area contributed by atoms with E-state index in [1.807, 2.05) is 36.1 Å². The number of likely N-dealkylation sites (N-methyl/N-ethyl adjacent to an activating group) is 2. The van der Waals surface area contributed by atoms with Crippen LogP contribution in [0.15, 0.2) is 15.9 Å². The molecule has 6 heteroatoms. The van der Waals surface area contributed by atoms with Crippen LogP contribution >= 0.6 is 27.3 Å². The van der Waals surface area contributed by atoms with E-state index in [-0.39, 0.29) is 11.9 Å². The lowest BCUT2D eigenvalue weighted by atomic mass is 10.2. The zero-order valence-electron chi connectivity index (χ0n) is 11.7. The highest BCUT2D eigenvalue weighted by molar-refractivity contribution is 9.10. The van der Waals surface area contributed by atoms with E-state index in [4.69, 9.17) is 5.73 Å². The first-order chi connectivity index (χ1) is 9.03. The van der Waals surface area contributed by atoms with Crippen LogP contribution in [-0.2, 0) is 4.79 Å². The Morgan fingerprint density at radius 2 is 2.11 bits per heavy atom. The molecule has 2 N–H and O–H groups in total. The van der Waals surface area contributed by atoms with E-state index in [1.54, 1.807) is 11.3 Å². The topological polar surface area (TPSA) is 49.6 Å². The van der Waals surface area contributed by atoms with Crippen LogP contribution in [0.3, 0.4) is 0 Å². The lowest BCUT2D eigenvalue weighted by molar-refractivity contribution is -0.132. The molecule has 1 amide bonds. The molecule has 1 rings (SSSR count). The average Bonchev–Trinajstić information content (AvgIpc) is 2.78. The van der Waals surface area contributed by atoms with Crippen LogP contribution in [0, 0.1) is 0 Å². The largest absolute Gasteiger partial charge is 0.342 e. The fourth-order valence-corrected chi connectivity index (χ4v) is 3.64. The zero-order valence-corrected chi connectivity index (χ0v) is 14.1. The number of thiophene rings is 1. The molecule has 1 aromatic rings. The van der Waals surface area contributed by atoms with Crippen molar-refractivity contribution in [3.8, 4) is 0 Å². The monoisotopic (exact) mass is 347 g/mol. The molecule has 1 aromatic heterocycles. The molecule has 0 fully saturated rings. The molecule has 0 bridgehead atoms. The Morgan fingerprint density at radius 3 is 2.53 bits per heavy atom. The maximum atomic E-state index is 12.1. The molecule has 19 heavy (non-hydrogen) atoms. The Hall–Kier alpha value is -0.430. The Morgan fingerprint density at radius 1 is 1.47 bits per heavy atom. The molecular formula is C13H22BrN3OS. The average molecular weight is 348 g/mol. The molecule has 108 valence electrons. The van der Waals surface area contributed by atoms with Crippen LogP contribution in [-0.4, -0.2) is 48.9 Å². The highest BCUT2D eigenvalue weighted by atomic mass is 79.9. The number of carbonyl (C=O) groups is 1. The van der Waals surface area contributed by atoms with Gasteiger partial charge in [0.15, 0.2) is 0 Å². The summed E-state index contributed by atoms with van der Waals surface area (Å²) in [6.07, 6.45) is 0. The van der Waals surface area contributed by atoms with Crippen molar-refractivity contribution in [1.82, 2.24) is 9.80 Å². The van der Waals surface area contributed by atoms with Gasteiger partial charge in [0.25, 0.3) is 0 Å². The standard InChI is InChI=1S/C13H22BrN3OS/c1-4-17(5-2)13(18)8-16(3)11(7-15)12-6-10(14)9-19-12/h6,9,11H,4-5,7-8,15H2,1-3H3. The van der Waals surface area contributed by atoms with Gasteiger partial charge in [-0.05, 0) is 42.9 Å². The van der Waals surface area contributed by atoms with Gasteiger partial charge in [-0.3, -0.25) is 9.69 Å². The first-order valence-corrected chi connectivity index (χ1v) is 8.12. The number of nitrogens with two attached hydrogens (primary N) is 1. The summed E-state index contributed by atoms with van der Waals surface area (Å²) >= 11 is 5.12. The van der Waals surface area contributed by atoms with Gasteiger partial charge in [-0.1, -0.05) is 0 Å². The van der Waals surface area contributed by atoms with Gasteiger partial charge in [0, 0.05) is 34.4 Å². The molecule has 0 saturated heterocycles. The molecule has 0 aliphatic carbocycles. The van der Waals surface area contributed by atoms with Crippen molar-refractivity contribution in [2.45, 2.75) is 19.9 Å². The summed E-state index contributed by atoms with van der Waals surface area (Å²) in [4.78, 5) is 17.2. The minimum atomic E-state index is 0.0933. The van der Waals surface area contributed by atoms with Gasteiger partial charge in [-0.15, -0.1) is 11.3 Å². The summed E-state index contributed by atoms with van der Waals surface area (Å²) in [5, 5.41) is 2.04. The van der Waals surface area contributed by atoms with Crippen molar-refractivity contribution in [3.63, 3.8) is 0 Å². The highest BCUT2D eigenvalue weighted by Crippen LogP contribution is 2.28. The fraction of sp³-hybridized carbons (Fsp3) is 0.615. The molecule has 1 atom stereocenters. The molecule has 1 heterocycles. The first-order valence-electron chi connectivity index (χ1n) is 6.45. The van der Waals surface area contributed by atoms with E-state index in [9.17, 15) is 4.79 Å². The van der Waals surface area contributed by atoms with Gasteiger partial charge in [-0.2, -0.15) is 0 Å². The molecule has 0 aliphatic rings. The van der Waals surface area contributed by atoms with Crippen molar-refractivity contribution in [2.24, 2.45) is 5.73 Å². The van der Waals surface area contributed by atoms with Gasteiger partial charge in [-0.25, -0.2) is 0 Å². The van der Waals surface area contributed by atoms with Gasteiger partial charge in [0.2, 0.25) is 5.91 Å². The second kappa shape index (κ2) is 7.99. The Balaban J connectivity index is 2.69. The van der Waals surface area contributed by atoms with Gasteiger partial charge < -0.3 is 10.6 Å². The van der Waals surface area contributed by atoms with E-state index in [0.717, 1.165) is 17.6 Å². The number of nitrogens with zero attached hydrogens (tertiary/aromatic N) is 2. The van der Waals surface area contributed by atoms with Gasteiger partial charge in [0.1, 0.15) is 0 Å². The van der Waals surface area contributed by atoms with E-state index in [1.165, 1.54) is 4.88 Å². The first kappa shape index (κ1) is 16.6. The second-order valence-electron chi connectivity index (χ2n) is 4.40. The fourth-order valence-electron chi connectivity index (χ4n) is 2.02. The third-order valence-corrected chi connectivity index (χ3v) is 4.97. The van der Waals surface area contributed by atoms with Crippen molar-refractivity contribution in [3.05, 3.63) is 20.8 Å². The highest BCUT2D eigenvalue weighted by Gasteiger charge is 2.21. The predicted octanol–water partition coefficient (Wildman–Crippen LogP) is 2.31. The van der Waals surface area contributed by atoms with Crippen molar-refractivity contribution < 1.29 is 4.79 Å². The molecule has 0 aromatic carbocycles. The lowest BCUT2D eigenvalue weighted by Crippen LogP contribution is -2.41. The Labute approximate surface area is 127 Å². The minimum absolute atomic E-state index is 0.0933. The van der Waals surface area contributed by atoms with Crippen molar-refractivity contribution in [1.29, 1.82) is 0 Å². The minimum Gasteiger partial charge on any atom is -0.342 e. The number of hydrogen-bond donors (Lipinski definition) is 1. The van der Waals surface area contributed by atoms with E-state index < -0.39 is 0 Å². The number of rotatable bonds is 7. The zero-order chi connectivity index (χ0) is 14.4. The molecule has 0 saturated carbocycles. The third kappa shape index (κ3) is 4.56. The van der Waals surface area contributed by atoms with E-state index >= 15 is 0 Å². The summed E-state index contributed by atoms with van der Waals surface area (Å²) in [5.74, 6) is 0.154. The Bertz CT molecular complexity index is 406. The third-order valence-electron chi connectivity index (χ3n) is 3.17. The summed E-state index contributed by atoms with van der Waals surface area (Å²) in [6.45, 7) is 6.41. The molecule has 0 aliphatic heterocycles. The molecule has 0 radical (unpaired) electrons. The summed E-state index contributed by atoms with van der Waals surface area (Å²) in [6, 6.07) is 2.16. The number of hydrogen-bond acceptors (Lipinski definition) is 4. The van der Waals surface area contributed by atoms with Crippen LogP contribution < -0.4 is 5.73 Å². The second-order valence-corrected chi connectivity index (χ2v) is 6.26. The molecule has 0 spiro atoms. The smallest absolute Gasteiger partial charge is 0.236 e. The normalized spacial score (nSPS) is 12.7. The van der Waals surface area contributed by atoms with Gasteiger partial charge >= 0.3 is 0 Å². The summed E-state index contributed by atoms with van der Waals surface area (Å²) in [7, 11) is 1.95. The maximum Gasteiger partial charge on any atom is 0.236 e. The van der Waals surface area contributed by atoms with Crippen LogP contribution in [0.1, 0.15) is 24.8 Å². The maximum absolute atomic E-state index is 12.1. The molecular weight excluding hydrogens is 326 g/mol. The SMILES string of the molecule is CCN(CC)C(=O)CN(C)C(CN)c1cc(Br)cs1. The quantitative estimate of drug-likeness (QED) is 0.823. The number of amides is 1. The van der Waals surface area contributed by atoms with E-state index in [2.05, 4.69) is 22.0 Å². The van der Waals surface area contributed by atoms with Crippen molar-refractivity contribution in [2.75, 3.05) is 33.2 Å². The molecule has 4 nitrogen and oxygen atoms in total. The van der Waals surface area contributed by atoms with Crippen LogP contribution in [0.25, 0.3) is 0 Å². The van der Waals surface area contributed by atoms with Crippen LogP contribution in [0.4, 0.5) is 0 Å². The summed E-state index contributed by atoms with van der Waals surface area (Å²) < 4.78 is 1.06. The van der Waals surface area contributed by atoms with Crippen LogP contribution in [0.2, 0.25) is 0 Å². The number of carbonyl (C=O) groups excluding carboxylic acids is 1. The van der Waals surface area contributed by atoms with Crippen molar-refractivity contribution >= 4 is 33.2 Å². The lowest BCUT2D eigenvalue weighted by Gasteiger charge is -2.28. The number of halogens is 1. The van der Waals surface area contributed by atoms with Crippen LogP contribution in [0.5, 0.6) is 0 Å². The summed E-state index contributed by atoms with van der Waals surface area (Å²) in [5.41, 5.74) is 5.86. The van der Waals surface area contributed by atoms with Gasteiger partial charge in [0.05, 0.1) is 12.6 Å². The predicted molar refractivity (Wildman–Crippen MR) is 84.4 cm³/mol. The van der Waals surface area contributed by atoms with E-state index in [0.29, 0.717) is 13.1 Å². The molecule has 1 unspecified atom stereocenters.